The van der Waals surface area contributed by atoms with Crippen LogP contribution in [0.3, 0.4) is 0 Å². The quantitative estimate of drug-likeness (QED) is 0.591. The number of hydrogen-bond acceptors (Lipinski definition) is 4. The van der Waals surface area contributed by atoms with Gasteiger partial charge in [0.15, 0.2) is 0 Å². The smallest absolute Gasteiger partial charge is 0.224 e. The van der Waals surface area contributed by atoms with Gasteiger partial charge in [-0.25, -0.2) is 0 Å². The molecule has 1 aliphatic heterocycles. The molecule has 0 radical (unpaired) electrons. The average molecular weight is 244 g/mol. The minimum atomic E-state index is 0.129. The Labute approximate surface area is 103 Å². The monoisotopic (exact) mass is 244 g/mol. The summed E-state index contributed by atoms with van der Waals surface area (Å²) in [6.07, 6.45) is 0.851. The molecule has 0 aliphatic carbocycles. The Balaban J connectivity index is 1.97. The Kier molecular flexibility index (Phi) is 7.16. The van der Waals surface area contributed by atoms with Crippen LogP contribution in [0.4, 0.5) is 0 Å². The SMILES string of the molecule is COCCOCCCNC(=O)[C@@H]1CNC[C@H]1C. The number of ether oxygens (including phenoxy) is 2. The first-order valence-electron chi connectivity index (χ1n) is 6.30. The lowest BCUT2D eigenvalue weighted by molar-refractivity contribution is -0.125. The molecule has 100 valence electrons. The van der Waals surface area contributed by atoms with Crippen molar-refractivity contribution in [1.29, 1.82) is 0 Å². The van der Waals surface area contributed by atoms with Gasteiger partial charge in [0.1, 0.15) is 0 Å². The lowest BCUT2D eigenvalue weighted by Gasteiger charge is -2.14. The summed E-state index contributed by atoms with van der Waals surface area (Å²) in [5, 5.41) is 6.18. The highest BCUT2D eigenvalue weighted by molar-refractivity contribution is 5.79. The zero-order chi connectivity index (χ0) is 12.5. The predicted octanol–water partition coefficient (Wildman–Crippen LogP) is 0.0112. The van der Waals surface area contributed by atoms with E-state index in [9.17, 15) is 4.79 Å². The van der Waals surface area contributed by atoms with Gasteiger partial charge in [-0.05, 0) is 18.9 Å². The van der Waals surface area contributed by atoms with Gasteiger partial charge in [-0.1, -0.05) is 6.92 Å². The molecule has 1 heterocycles. The number of carbonyl (C=O) groups excluding carboxylic acids is 1. The highest BCUT2D eigenvalue weighted by Gasteiger charge is 2.28. The molecule has 0 bridgehead atoms. The molecule has 17 heavy (non-hydrogen) atoms. The largest absolute Gasteiger partial charge is 0.382 e. The Morgan fingerprint density at radius 3 is 2.82 bits per heavy atom. The van der Waals surface area contributed by atoms with Crippen LogP contribution in [0.25, 0.3) is 0 Å². The summed E-state index contributed by atoms with van der Waals surface area (Å²) in [4.78, 5) is 11.8. The van der Waals surface area contributed by atoms with E-state index in [4.69, 9.17) is 9.47 Å². The maximum Gasteiger partial charge on any atom is 0.224 e. The van der Waals surface area contributed by atoms with E-state index >= 15 is 0 Å². The summed E-state index contributed by atoms with van der Waals surface area (Å²) >= 11 is 0. The summed E-state index contributed by atoms with van der Waals surface area (Å²) < 4.78 is 10.2. The van der Waals surface area contributed by atoms with Crippen molar-refractivity contribution in [3.05, 3.63) is 0 Å². The molecule has 0 aromatic heterocycles. The number of methoxy groups -OCH3 is 1. The van der Waals surface area contributed by atoms with E-state index in [1.165, 1.54) is 0 Å². The van der Waals surface area contributed by atoms with E-state index in [0.29, 0.717) is 32.3 Å². The first-order chi connectivity index (χ1) is 8.25. The number of carbonyl (C=O) groups is 1. The first-order valence-corrected chi connectivity index (χ1v) is 6.30. The van der Waals surface area contributed by atoms with Crippen molar-refractivity contribution >= 4 is 5.91 Å². The van der Waals surface area contributed by atoms with Crippen molar-refractivity contribution in [3.8, 4) is 0 Å². The van der Waals surface area contributed by atoms with Crippen LogP contribution in [-0.2, 0) is 14.3 Å². The van der Waals surface area contributed by atoms with Crippen LogP contribution in [-0.4, -0.2) is 52.5 Å². The molecule has 0 unspecified atom stereocenters. The molecule has 2 N–H and O–H groups in total. The number of nitrogens with one attached hydrogen (secondary N) is 2. The van der Waals surface area contributed by atoms with Gasteiger partial charge in [-0.15, -0.1) is 0 Å². The molecule has 0 spiro atoms. The zero-order valence-corrected chi connectivity index (χ0v) is 10.8. The van der Waals surface area contributed by atoms with Crippen molar-refractivity contribution in [2.24, 2.45) is 11.8 Å². The minimum Gasteiger partial charge on any atom is -0.382 e. The third-order valence-corrected chi connectivity index (χ3v) is 3.05. The van der Waals surface area contributed by atoms with Crippen LogP contribution in [0.5, 0.6) is 0 Å². The van der Waals surface area contributed by atoms with Gasteiger partial charge in [0.05, 0.1) is 19.1 Å². The molecule has 1 rings (SSSR count). The highest BCUT2D eigenvalue weighted by Crippen LogP contribution is 2.15. The summed E-state index contributed by atoms with van der Waals surface area (Å²) in [6.45, 7) is 6.45. The van der Waals surface area contributed by atoms with Crippen LogP contribution in [0.1, 0.15) is 13.3 Å². The molecule has 5 heteroatoms. The fourth-order valence-electron chi connectivity index (χ4n) is 1.92. The van der Waals surface area contributed by atoms with Gasteiger partial charge in [-0.3, -0.25) is 4.79 Å². The lowest BCUT2D eigenvalue weighted by atomic mass is 9.97. The van der Waals surface area contributed by atoms with Gasteiger partial charge in [0.25, 0.3) is 0 Å². The van der Waals surface area contributed by atoms with Crippen molar-refractivity contribution < 1.29 is 14.3 Å². The minimum absolute atomic E-state index is 0.129. The van der Waals surface area contributed by atoms with Gasteiger partial charge < -0.3 is 20.1 Å². The fourth-order valence-corrected chi connectivity index (χ4v) is 1.92. The number of hydrogen-bond donors (Lipinski definition) is 2. The second kappa shape index (κ2) is 8.44. The van der Waals surface area contributed by atoms with Crippen LogP contribution >= 0.6 is 0 Å². The van der Waals surface area contributed by atoms with E-state index < -0.39 is 0 Å². The number of rotatable bonds is 8. The van der Waals surface area contributed by atoms with Gasteiger partial charge in [0, 0.05) is 26.8 Å². The summed E-state index contributed by atoms with van der Waals surface area (Å²) in [6, 6.07) is 0. The van der Waals surface area contributed by atoms with E-state index in [0.717, 1.165) is 19.5 Å². The molecular weight excluding hydrogens is 220 g/mol. The molecular formula is C12H24N2O3. The Morgan fingerprint density at radius 1 is 1.35 bits per heavy atom. The zero-order valence-electron chi connectivity index (χ0n) is 10.8. The van der Waals surface area contributed by atoms with Gasteiger partial charge >= 0.3 is 0 Å². The van der Waals surface area contributed by atoms with Crippen molar-refractivity contribution in [2.75, 3.05) is 46.6 Å². The van der Waals surface area contributed by atoms with Gasteiger partial charge in [-0.2, -0.15) is 0 Å². The van der Waals surface area contributed by atoms with Crippen LogP contribution < -0.4 is 10.6 Å². The molecule has 0 saturated carbocycles. The second-order valence-corrected chi connectivity index (χ2v) is 4.49. The van der Waals surface area contributed by atoms with E-state index in [1.54, 1.807) is 7.11 Å². The highest BCUT2D eigenvalue weighted by atomic mass is 16.5. The number of amides is 1. The van der Waals surface area contributed by atoms with Crippen molar-refractivity contribution in [2.45, 2.75) is 13.3 Å². The normalized spacial score (nSPS) is 23.9. The first kappa shape index (κ1) is 14.4. The molecule has 1 fully saturated rings. The Hall–Kier alpha value is -0.650. The standard InChI is InChI=1S/C12H24N2O3/c1-10-8-13-9-11(10)12(15)14-4-3-5-17-7-6-16-2/h10-11,13H,3-9H2,1-2H3,(H,14,15)/t10-,11-/m1/s1. The maximum absolute atomic E-state index is 11.8. The van der Waals surface area contributed by atoms with E-state index in [1.807, 2.05) is 0 Å². The molecule has 2 atom stereocenters. The molecule has 5 nitrogen and oxygen atoms in total. The lowest BCUT2D eigenvalue weighted by Crippen LogP contribution is -2.35. The van der Waals surface area contributed by atoms with Crippen LogP contribution in [0.2, 0.25) is 0 Å². The summed E-state index contributed by atoms with van der Waals surface area (Å²) in [7, 11) is 1.65. The van der Waals surface area contributed by atoms with E-state index in [-0.39, 0.29) is 11.8 Å². The Bertz CT molecular complexity index is 224. The van der Waals surface area contributed by atoms with E-state index in [2.05, 4.69) is 17.6 Å². The molecule has 0 aromatic carbocycles. The maximum atomic E-state index is 11.8. The van der Waals surface area contributed by atoms with Crippen molar-refractivity contribution in [3.63, 3.8) is 0 Å². The average Bonchev–Trinajstić information content (AvgIpc) is 2.74. The molecule has 1 saturated heterocycles. The molecule has 1 amide bonds. The Morgan fingerprint density at radius 2 is 2.18 bits per heavy atom. The predicted molar refractivity (Wildman–Crippen MR) is 65.8 cm³/mol. The summed E-state index contributed by atoms with van der Waals surface area (Å²) in [5.41, 5.74) is 0. The topological polar surface area (TPSA) is 59.6 Å². The van der Waals surface area contributed by atoms with Crippen molar-refractivity contribution in [1.82, 2.24) is 10.6 Å². The van der Waals surface area contributed by atoms with Gasteiger partial charge in [0.2, 0.25) is 5.91 Å². The molecule has 0 aromatic rings. The third kappa shape index (κ3) is 5.48. The van der Waals surface area contributed by atoms with Crippen LogP contribution in [0.15, 0.2) is 0 Å². The third-order valence-electron chi connectivity index (χ3n) is 3.05. The summed E-state index contributed by atoms with van der Waals surface area (Å²) in [5.74, 6) is 0.733. The fraction of sp³-hybridized carbons (Fsp3) is 0.917. The van der Waals surface area contributed by atoms with Crippen LogP contribution in [0, 0.1) is 11.8 Å². The second-order valence-electron chi connectivity index (χ2n) is 4.49. The molecule has 1 aliphatic rings.